The van der Waals surface area contributed by atoms with Gasteiger partial charge in [-0.25, -0.2) is 4.98 Å². The lowest BCUT2D eigenvalue weighted by atomic mass is 10.0. The van der Waals surface area contributed by atoms with Gasteiger partial charge in [-0.15, -0.1) is 11.3 Å². The molecule has 7 heteroatoms. The Labute approximate surface area is 161 Å². The molecule has 1 N–H and O–H groups in total. The number of nitrogens with zero attached hydrogens (tertiary/aromatic N) is 2. The molecule has 0 atom stereocenters. The number of thiazole rings is 1. The topological polar surface area (TPSA) is 62.3 Å². The Morgan fingerprint density at radius 1 is 1.27 bits per heavy atom. The van der Waals surface area contributed by atoms with Crippen LogP contribution in [0.4, 0.5) is 11.4 Å². The average molecular weight is 390 g/mol. The summed E-state index contributed by atoms with van der Waals surface area (Å²) in [5.74, 6) is 0.308. The van der Waals surface area contributed by atoms with Gasteiger partial charge in [0.05, 0.1) is 21.9 Å². The normalized spacial score (nSPS) is 17.9. The molecule has 5 nitrogen and oxygen atoms in total. The predicted molar refractivity (Wildman–Crippen MR) is 104 cm³/mol. The van der Waals surface area contributed by atoms with Gasteiger partial charge in [0.15, 0.2) is 0 Å². The lowest BCUT2D eigenvalue weighted by Gasteiger charge is -2.17. The zero-order valence-corrected chi connectivity index (χ0v) is 15.9. The highest BCUT2D eigenvalue weighted by atomic mass is 35.5. The first kappa shape index (κ1) is 17.5. The number of amides is 2. The molecule has 2 aromatic rings. The summed E-state index contributed by atoms with van der Waals surface area (Å²) in [5, 5.41) is 3.38. The average Bonchev–Trinajstić information content (AvgIpc) is 3.37. The van der Waals surface area contributed by atoms with Crippen molar-refractivity contribution in [2.45, 2.75) is 44.4 Å². The van der Waals surface area contributed by atoms with Gasteiger partial charge in [-0.1, -0.05) is 24.4 Å². The lowest BCUT2D eigenvalue weighted by Crippen LogP contribution is -2.24. The fourth-order valence-corrected chi connectivity index (χ4v) is 4.73. The van der Waals surface area contributed by atoms with E-state index in [4.69, 9.17) is 11.6 Å². The first-order valence-electron chi connectivity index (χ1n) is 8.98. The van der Waals surface area contributed by atoms with Crippen molar-refractivity contribution in [1.29, 1.82) is 0 Å². The Morgan fingerprint density at radius 3 is 2.81 bits per heavy atom. The number of aromatic nitrogens is 1. The molecule has 0 spiro atoms. The van der Waals surface area contributed by atoms with E-state index in [1.54, 1.807) is 22.5 Å². The van der Waals surface area contributed by atoms with E-state index in [2.05, 4.69) is 10.3 Å². The van der Waals surface area contributed by atoms with Gasteiger partial charge >= 0.3 is 0 Å². The van der Waals surface area contributed by atoms with Gasteiger partial charge in [0.25, 0.3) is 5.91 Å². The van der Waals surface area contributed by atoms with Crippen LogP contribution in [0.5, 0.6) is 0 Å². The number of hydrogen-bond acceptors (Lipinski definition) is 4. The molecule has 2 aliphatic rings. The molecule has 2 heterocycles. The van der Waals surface area contributed by atoms with Crippen molar-refractivity contribution in [3.63, 3.8) is 0 Å². The van der Waals surface area contributed by atoms with E-state index in [0.717, 1.165) is 30.6 Å². The number of anilines is 2. The molecule has 0 bridgehead atoms. The zero-order chi connectivity index (χ0) is 18.1. The van der Waals surface area contributed by atoms with E-state index >= 15 is 0 Å². The summed E-state index contributed by atoms with van der Waals surface area (Å²) >= 11 is 7.65. The van der Waals surface area contributed by atoms with E-state index in [-0.39, 0.29) is 11.8 Å². The second kappa shape index (κ2) is 7.37. The van der Waals surface area contributed by atoms with E-state index in [0.29, 0.717) is 34.5 Å². The monoisotopic (exact) mass is 389 g/mol. The van der Waals surface area contributed by atoms with Crippen LogP contribution in [0.25, 0.3) is 0 Å². The summed E-state index contributed by atoms with van der Waals surface area (Å²) in [6.45, 7) is 0.703. The highest BCUT2D eigenvalue weighted by Crippen LogP contribution is 2.37. The molecule has 4 rings (SSSR count). The molecule has 1 aromatic heterocycles. The standard InChI is InChI=1S/C19H20ClN3O2S/c20-14-8-7-13(23-9-3-6-16(23)24)10-15(14)22-19(25)18-17(21-11-26-18)12-4-1-2-5-12/h7-8,10-12H,1-6,9H2,(H,22,25). The fraction of sp³-hybridized carbons (Fsp3) is 0.421. The van der Waals surface area contributed by atoms with Crippen LogP contribution in [-0.4, -0.2) is 23.3 Å². The van der Waals surface area contributed by atoms with Gasteiger partial charge in [0.2, 0.25) is 5.91 Å². The van der Waals surface area contributed by atoms with E-state index in [1.807, 2.05) is 6.07 Å². The van der Waals surface area contributed by atoms with Gasteiger partial charge in [-0.2, -0.15) is 0 Å². The highest BCUT2D eigenvalue weighted by Gasteiger charge is 2.26. The number of hydrogen-bond donors (Lipinski definition) is 1. The lowest BCUT2D eigenvalue weighted by molar-refractivity contribution is -0.117. The van der Waals surface area contributed by atoms with E-state index in [1.165, 1.54) is 24.2 Å². The Kier molecular flexibility index (Phi) is 4.96. The van der Waals surface area contributed by atoms with Crippen LogP contribution in [0.1, 0.15) is 59.8 Å². The molecule has 1 aliphatic heterocycles. The Bertz CT molecular complexity index is 845. The summed E-state index contributed by atoms with van der Waals surface area (Å²) in [7, 11) is 0. The Balaban J connectivity index is 1.56. The van der Waals surface area contributed by atoms with Crippen LogP contribution in [0.2, 0.25) is 5.02 Å². The van der Waals surface area contributed by atoms with E-state index < -0.39 is 0 Å². The third-order valence-electron chi connectivity index (χ3n) is 5.13. The zero-order valence-electron chi connectivity index (χ0n) is 14.3. The Morgan fingerprint density at radius 2 is 2.08 bits per heavy atom. The van der Waals surface area contributed by atoms with Gasteiger partial charge in [0.1, 0.15) is 4.88 Å². The van der Waals surface area contributed by atoms with E-state index in [9.17, 15) is 9.59 Å². The molecule has 2 fully saturated rings. The quantitative estimate of drug-likeness (QED) is 0.814. The SMILES string of the molecule is O=C(Nc1cc(N2CCCC2=O)ccc1Cl)c1scnc1C1CCCC1. The van der Waals surface area contributed by atoms with Crippen molar-refractivity contribution in [2.75, 3.05) is 16.8 Å². The second-order valence-corrected chi connectivity index (χ2v) is 8.08. The van der Waals surface area contributed by atoms with Crippen molar-refractivity contribution in [1.82, 2.24) is 4.98 Å². The number of benzene rings is 1. The van der Waals surface area contributed by atoms with Gasteiger partial charge < -0.3 is 10.2 Å². The third kappa shape index (κ3) is 3.35. The Hall–Kier alpha value is -1.92. The summed E-state index contributed by atoms with van der Waals surface area (Å²) in [6, 6.07) is 5.32. The highest BCUT2D eigenvalue weighted by molar-refractivity contribution is 7.12. The molecular formula is C19H20ClN3O2S. The van der Waals surface area contributed by atoms with Gasteiger partial charge in [0, 0.05) is 24.6 Å². The molecule has 26 heavy (non-hydrogen) atoms. The molecule has 0 radical (unpaired) electrons. The molecule has 136 valence electrons. The molecule has 1 aromatic carbocycles. The minimum atomic E-state index is -0.179. The summed E-state index contributed by atoms with van der Waals surface area (Å²) in [5.41, 5.74) is 3.95. The van der Waals surface area contributed by atoms with Crippen molar-refractivity contribution in [3.8, 4) is 0 Å². The van der Waals surface area contributed by atoms with Gasteiger partial charge in [-0.05, 0) is 37.5 Å². The smallest absolute Gasteiger partial charge is 0.267 e. The first-order valence-corrected chi connectivity index (χ1v) is 10.2. The fourth-order valence-electron chi connectivity index (χ4n) is 3.79. The van der Waals surface area contributed by atoms with Crippen LogP contribution in [-0.2, 0) is 4.79 Å². The summed E-state index contributed by atoms with van der Waals surface area (Å²) in [4.78, 5) is 31.6. The number of carbonyl (C=O) groups excluding carboxylic acids is 2. The largest absolute Gasteiger partial charge is 0.320 e. The second-order valence-electron chi connectivity index (χ2n) is 6.82. The minimum Gasteiger partial charge on any atom is -0.320 e. The maximum Gasteiger partial charge on any atom is 0.267 e. The van der Waals surface area contributed by atoms with Crippen LogP contribution >= 0.6 is 22.9 Å². The van der Waals surface area contributed by atoms with Gasteiger partial charge in [-0.3, -0.25) is 9.59 Å². The first-order chi connectivity index (χ1) is 12.6. The maximum atomic E-state index is 12.8. The predicted octanol–water partition coefficient (Wildman–Crippen LogP) is 4.83. The molecule has 2 amide bonds. The molecule has 1 saturated heterocycles. The van der Waals surface area contributed by atoms with Crippen molar-refractivity contribution >= 4 is 46.1 Å². The summed E-state index contributed by atoms with van der Waals surface area (Å²) in [6.07, 6.45) is 6.00. The minimum absolute atomic E-state index is 0.107. The number of rotatable bonds is 4. The number of halogens is 1. The van der Waals surface area contributed by atoms with Crippen LogP contribution in [0.15, 0.2) is 23.7 Å². The molecule has 0 unspecified atom stereocenters. The molecule has 1 saturated carbocycles. The van der Waals surface area contributed by atoms with Crippen molar-refractivity contribution in [3.05, 3.63) is 39.3 Å². The van der Waals surface area contributed by atoms with Crippen LogP contribution in [0.3, 0.4) is 0 Å². The number of carbonyl (C=O) groups is 2. The van der Waals surface area contributed by atoms with Crippen LogP contribution < -0.4 is 10.2 Å². The molecular weight excluding hydrogens is 370 g/mol. The van der Waals surface area contributed by atoms with Crippen molar-refractivity contribution < 1.29 is 9.59 Å². The van der Waals surface area contributed by atoms with Crippen molar-refractivity contribution in [2.24, 2.45) is 0 Å². The maximum absolute atomic E-state index is 12.8. The number of nitrogens with one attached hydrogen (secondary N) is 1. The third-order valence-corrected chi connectivity index (χ3v) is 6.30. The molecule has 1 aliphatic carbocycles. The van der Waals surface area contributed by atoms with Crippen LogP contribution in [0, 0.1) is 0 Å². The summed E-state index contributed by atoms with van der Waals surface area (Å²) < 4.78 is 0.